The molecule has 0 bridgehead atoms. The number of halogens is 2. The van der Waals surface area contributed by atoms with Gasteiger partial charge in [0.1, 0.15) is 17.3 Å². The molecule has 0 radical (unpaired) electrons. The summed E-state index contributed by atoms with van der Waals surface area (Å²) in [5, 5.41) is 9.99. The third-order valence-corrected chi connectivity index (χ3v) is 4.80. The molecule has 1 amide bonds. The van der Waals surface area contributed by atoms with Crippen LogP contribution in [-0.2, 0) is 0 Å². The van der Waals surface area contributed by atoms with Gasteiger partial charge in [-0.25, -0.2) is 14.0 Å². The number of aliphatic imine (C=N–C) groups is 1. The number of para-hydroxylation sites is 1. The third kappa shape index (κ3) is 4.98. The van der Waals surface area contributed by atoms with Crippen LogP contribution in [0.3, 0.4) is 0 Å². The second kappa shape index (κ2) is 9.40. The molecule has 0 aliphatic carbocycles. The Balaban J connectivity index is 1.51. The molecule has 0 saturated carbocycles. The van der Waals surface area contributed by atoms with Crippen LogP contribution in [-0.4, -0.2) is 22.1 Å². The topological polar surface area (TPSA) is 116 Å². The summed E-state index contributed by atoms with van der Waals surface area (Å²) in [6.45, 7) is 0. The van der Waals surface area contributed by atoms with Gasteiger partial charge in [-0.2, -0.15) is 0 Å². The van der Waals surface area contributed by atoms with E-state index in [1.807, 2.05) is 30.3 Å². The summed E-state index contributed by atoms with van der Waals surface area (Å²) < 4.78 is 24.1. The molecule has 3 aromatic carbocycles. The molecule has 1 heterocycles. The van der Waals surface area contributed by atoms with Gasteiger partial charge < -0.3 is 15.8 Å². The normalized spacial score (nSPS) is 11.2. The Morgan fingerprint density at radius 1 is 1.03 bits per heavy atom. The summed E-state index contributed by atoms with van der Waals surface area (Å²) in [5.41, 5.74) is 6.73. The average molecular weight is 496 g/mol. The Labute approximate surface area is 190 Å². The summed E-state index contributed by atoms with van der Waals surface area (Å²) >= 11 is 3.09. The predicted octanol–water partition coefficient (Wildman–Crippen LogP) is 5.05. The maximum Gasteiger partial charge on any atom is 0.257 e. The highest BCUT2D eigenvalue weighted by Crippen LogP contribution is 2.24. The van der Waals surface area contributed by atoms with Crippen molar-refractivity contribution in [1.82, 2.24) is 10.3 Å². The number of carbonyl (C=O) groups is 1. The number of anilines is 1. The van der Waals surface area contributed by atoms with Crippen molar-refractivity contribution in [3.63, 3.8) is 0 Å². The smallest absolute Gasteiger partial charge is 0.257 e. The number of amides is 1. The first kappa shape index (κ1) is 21.2. The Hall–Kier alpha value is -4.05. The fourth-order valence-corrected chi connectivity index (χ4v) is 3.06. The maximum absolute atomic E-state index is 13.4. The summed E-state index contributed by atoms with van der Waals surface area (Å²) in [4.78, 5) is 16.9. The molecule has 3 N–H and O–H groups in total. The zero-order chi connectivity index (χ0) is 22.5. The van der Waals surface area contributed by atoms with E-state index in [0.29, 0.717) is 22.7 Å². The lowest BCUT2D eigenvalue weighted by molar-refractivity contribution is 0.102. The van der Waals surface area contributed by atoms with Crippen LogP contribution in [0.1, 0.15) is 16.1 Å². The van der Waals surface area contributed by atoms with Gasteiger partial charge in [0.25, 0.3) is 5.91 Å². The Morgan fingerprint density at radius 2 is 1.81 bits per heavy atom. The molecule has 0 unspecified atom stereocenters. The van der Waals surface area contributed by atoms with Crippen molar-refractivity contribution in [2.75, 3.05) is 5.32 Å². The number of nitrogens with one attached hydrogen (secondary N) is 1. The number of nitrogens with two attached hydrogens (primary N) is 1. The molecule has 32 heavy (non-hydrogen) atoms. The van der Waals surface area contributed by atoms with Gasteiger partial charge in [0.05, 0.1) is 10.2 Å². The van der Waals surface area contributed by atoms with E-state index >= 15 is 0 Å². The molecule has 1 aromatic heterocycles. The van der Waals surface area contributed by atoms with Crippen LogP contribution < -0.4 is 15.8 Å². The standard InChI is InChI=1S/C22H15BrFN5O3/c23-17-12-14(9-10-18(17)24)26-20(25)19-21(29-32-28-19)27-22(30)13-5-4-8-16(11-13)31-15-6-2-1-3-7-15/h1-12H,(H2,25,26)(H,27,29,30). The van der Waals surface area contributed by atoms with Crippen molar-refractivity contribution in [2.45, 2.75) is 0 Å². The fourth-order valence-electron chi connectivity index (χ4n) is 2.69. The summed E-state index contributed by atoms with van der Waals surface area (Å²) in [5.74, 6) is 0.151. The van der Waals surface area contributed by atoms with Gasteiger partial charge in [0.2, 0.25) is 5.82 Å². The van der Waals surface area contributed by atoms with Crippen LogP contribution in [0.2, 0.25) is 0 Å². The lowest BCUT2D eigenvalue weighted by Gasteiger charge is -2.08. The first-order chi connectivity index (χ1) is 15.5. The zero-order valence-corrected chi connectivity index (χ0v) is 17.9. The molecule has 0 fully saturated rings. The van der Waals surface area contributed by atoms with E-state index in [4.69, 9.17) is 15.1 Å². The van der Waals surface area contributed by atoms with Gasteiger partial charge in [-0.1, -0.05) is 24.3 Å². The summed E-state index contributed by atoms with van der Waals surface area (Å²) in [6, 6.07) is 20.0. The molecular weight excluding hydrogens is 481 g/mol. The number of ether oxygens (including phenoxy) is 1. The Kier molecular flexibility index (Phi) is 6.22. The van der Waals surface area contributed by atoms with Crippen LogP contribution in [0.25, 0.3) is 0 Å². The van der Waals surface area contributed by atoms with Gasteiger partial charge in [-0.05, 0) is 74.8 Å². The highest BCUT2D eigenvalue weighted by molar-refractivity contribution is 9.10. The SMILES string of the molecule is NC(=Nc1ccc(F)c(Br)c1)c1nonc1NC(=O)c1cccc(Oc2ccccc2)c1. The van der Waals surface area contributed by atoms with Gasteiger partial charge in [-0.15, -0.1) is 0 Å². The van der Waals surface area contributed by atoms with E-state index in [1.165, 1.54) is 18.2 Å². The van der Waals surface area contributed by atoms with Gasteiger partial charge in [-0.3, -0.25) is 4.79 Å². The van der Waals surface area contributed by atoms with Gasteiger partial charge >= 0.3 is 0 Å². The summed E-state index contributed by atoms with van der Waals surface area (Å²) in [6.07, 6.45) is 0. The molecule has 0 atom stereocenters. The molecule has 0 saturated heterocycles. The van der Waals surface area contributed by atoms with Crippen LogP contribution in [0.4, 0.5) is 15.9 Å². The molecule has 160 valence electrons. The molecule has 8 nitrogen and oxygen atoms in total. The number of hydrogen-bond acceptors (Lipinski definition) is 6. The number of amidine groups is 1. The van der Waals surface area contributed by atoms with E-state index in [0.717, 1.165) is 0 Å². The highest BCUT2D eigenvalue weighted by Gasteiger charge is 2.18. The van der Waals surface area contributed by atoms with E-state index in [2.05, 4.69) is 36.6 Å². The van der Waals surface area contributed by atoms with Crippen LogP contribution in [0.5, 0.6) is 11.5 Å². The maximum atomic E-state index is 13.4. The molecule has 10 heteroatoms. The molecule has 0 spiro atoms. The molecule has 0 aliphatic heterocycles. The zero-order valence-electron chi connectivity index (χ0n) is 16.3. The highest BCUT2D eigenvalue weighted by atomic mass is 79.9. The lowest BCUT2D eigenvalue weighted by atomic mass is 10.2. The largest absolute Gasteiger partial charge is 0.457 e. The number of rotatable bonds is 6. The van der Waals surface area contributed by atoms with Crippen molar-refractivity contribution in [2.24, 2.45) is 10.7 Å². The monoisotopic (exact) mass is 495 g/mol. The minimum Gasteiger partial charge on any atom is -0.457 e. The Morgan fingerprint density at radius 3 is 2.59 bits per heavy atom. The van der Waals surface area contributed by atoms with E-state index in [-0.39, 0.29) is 21.8 Å². The quantitative estimate of drug-likeness (QED) is 0.285. The average Bonchev–Trinajstić information content (AvgIpc) is 3.25. The van der Waals surface area contributed by atoms with Crippen molar-refractivity contribution >= 4 is 39.2 Å². The fraction of sp³-hybridized carbons (Fsp3) is 0. The van der Waals surface area contributed by atoms with Crippen molar-refractivity contribution in [3.05, 3.63) is 94.3 Å². The van der Waals surface area contributed by atoms with Crippen LogP contribution in [0, 0.1) is 5.82 Å². The molecule has 4 rings (SSSR count). The second-order valence-electron chi connectivity index (χ2n) is 6.45. The number of carbonyl (C=O) groups excluding carboxylic acids is 1. The first-order valence-corrected chi connectivity index (χ1v) is 10.1. The van der Waals surface area contributed by atoms with Crippen molar-refractivity contribution in [1.29, 1.82) is 0 Å². The van der Waals surface area contributed by atoms with Crippen LogP contribution in [0.15, 0.2) is 86.9 Å². The lowest BCUT2D eigenvalue weighted by Crippen LogP contribution is -2.19. The summed E-state index contributed by atoms with van der Waals surface area (Å²) in [7, 11) is 0. The van der Waals surface area contributed by atoms with Crippen molar-refractivity contribution in [3.8, 4) is 11.5 Å². The van der Waals surface area contributed by atoms with Crippen molar-refractivity contribution < 1.29 is 18.6 Å². The van der Waals surface area contributed by atoms with E-state index in [1.54, 1.807) is 24.3 Å². The van der Waals surface area contributed by atoms with Gasteiger partial charge in [0, 0.05) is 5.56 Å². The second-order valence-corrected chi connectivity index (χ2v) is 7.31. The van der Waals surface area contributed by atoms with Gasteiger partial charge in [0.15, 0.2) is 11.5 Å². The molecule has 4 aromatic rings. The Bertz CT molecular complexity index is 1290. The minimum absolute atomic E-state index is 0.00759. The minimum atomic E-state index is -0.474. The first-order valence-electron chi connectivity index (χ1n) is 9.26. The van der Waals surface area contributed by atoms with Crippen LogP contribution >= 0.6 is 15.9 Å². The predicted molar refractivity (Wildman–Crippen MR) is 120 cm³/mol. The molecular formula is C22H15BrFN5O3. The third-order valence-electron chi connectivity index (χ3n) is 4.19. The number of benzene rings is 3. The molecule has 0 aliphatic rings. The number of hydrogen-bond donors (Lipinski definition) is 2. The number of nitrogens with zero attached hydrogens (tertiary/aromatic N) is 3. The van der Waals surface area contributed by atoms with E-state index < -0.39 is 11.7 Å². The number of aromatic nitrogens is 2. The van der Waals surface area contributed by atoms with E-state index in [9.17, 15) is 9.18 Å².